The van der Waals surface area contributed by atoms with Crippen molar-refractivity contribution in [2.24, 2.45) is 11.1 Å². The minimum atomic E-state index is -3.68. The van der Waals surface area contributed by atoms with Crippen LogP contribution >= 0.6 is 0 Å². The lowest BCUT2D eigenvalue weighted by Gasteiger charge is -2.18. The zero-order valence-corrected chi connectivity index (χ0v) is 13.2. The molecule has 0 heterocycles. The summed E-state index contributed by atoms with van der Waals surface area (Å²) in [5, 5.41) is 5.25. The van der Waals surface area contributed by atoms with Gasteiger partial charge in [-0.05, 0) is 62.3 Å². The molecular weight excluding hydrogens is 274 g/mol. The van der Waals surface area contributed by atoms with E-state index in [1.54, 1.807) is 13.0 Å². The van der Waals surface area contributed by atoms with Crippen molar-refractivity contribution in [1.29, 1.82) is 0 Å². The summed E-state index contributed by atoms with van der Waals surface area (Å²) in [6.45, 7) is 6.25. The molecule has 0 radical (unpaired) electrons. The highest BCUT2D eigenvalue weighted by atomic mass is 32.2. The Balaban J connectivity index is 2.28. The third-order valence-electron chi connectivity index (χ3n) is 4.22. The number of rotatable bonds is 4. The van der Waals surface area contributed by atoms with Gasteiger partial charge in [0.2, 0.25) is 10.0 Å². The molecule has 1 saturated carbocycles. The monoisotopic (exact) mass is 297 g/mol. The van der Waals surface area contributed by atoms with Crippen LogP contribution in [-0.2, 0) is 10.0 Å². The summed E-state index contributed by atoms with van der Waals surface area (Å²) in [6, 6.07) is 1.61. The van der Waals surface area contributed by atoms with Crippen LogP contribution in [-0.4, -0.2) is 15.0 Å². The zero-order valence-electron chi connectivity index (χ0n) is 12.4. The summed E-state index contributed by atoms with van der Waals surface area (Å²) in [5.74, 6) is 1.44. The molecule has 1 aliphatic carbocycles. The van der Waals surface area contributed by atoms with Crippen molar-refractivity contribution in [2.45, 2.75) is 51.3 Å². The number of benzene rings is 1. The SMILES string of the molecule is Cc1cc(S(N)(=O)=O)c(C)c(C)c1OCC1CCCC1. The van der Waals surface area contributed by atoms with Gasteiger partial charge in [-0.3, -0.25) is 0 Å². The fourth-order valence-corrected chi connectivity index (χ4v) is 3.84. The molecule has 20 heavy (non-hydrogen) atoms. The first-order valence-corrected chi connectivity index (χ1v) is 8.61. The number of primary sulfonamides is 1. The van der Waals surface area contributed by atoms with E-state index in [4.69, 9.17) is 9.88 Å². The van der Waals surface area contributed by atoms with Crippen LogP contribution in [0.2, 0.25) is 0 Å². The smallest absolute Gasteiger partial charge is 0.238 e. The normalized spacial score (nSPS) is 16.6. The van der Waals surface area contributed by atoms with Crippen molar-refractivity contribution < 1.29 is 13.2 Å². The maximum Gasteiger partial charge on any atom is 0.238 e. The van der Waals surface area contributed by atoms with E-state index >= 15 is 0 Å². The van der Waals surface area contributed by atoms with Gasteiger partial charge in [-0.15, -0.1) is 0 Å². The van der Waals surface area contributed by atoms with Gasteiger partial charge in [0.25, 0.3) is 0 Å². The van der Waals surface area contributed by atoms with Gasteiger partial charge in [-0.25, -0.2) is 13.6 Å². The molecule has 0 unspecified atom stereocenters. The molecule has 1 aromatic carbocycles. The number of aryl methyl sites for hydroxylation is 1. The Morgan fingerprint density at radius 2 is 1.80 bits per heavy atom. The topological polar surface area (TPSA) is 69.4 Å². The Morgan fingerprint density at radius 3 is 2.35 bits per heavy atom. The van der Waals surface area contributed by atoms with Crippen molar-refractivity contribution >= 4 is 10.0 Å². The maximum atomic E-state index is 11.6. The van der Waals surface area contributed by atoms with Gasteiger partial charge < -0.3 is 4.74 Å². The number of nitrogens with two attached hydrogens (primary N) is 1. The van der Waals surface area contributed by atoms with Gasteiger partial charge in [-0.2, -0.15) is 0 Å². The predicted molar refractivity (Wildman–Crippen MR) is 79.5 cm³/mol. The van der Waals surface area contributed by atoms with Crippen LogP contribution in [0.5, 0.6) is 5.75 Å². The lowest BCUT2D eigenvalue weighted by molar-refractivity contribution is 0.249. The quantitative estimate of drug-likeness (QED) is 0.929. The fraction of sp³-hybridized carbons (Fsp3) is 0.600. The van der Waals surface area contributed by atoms with Crippen LogP contribution in [0, 0.1) is 26.7 Å². The third kappa shape index (κ3) is 3.15. The van der Waals surface area contributed by atoms with Gasteiger partial charge in [0.1, 0.15) is 5.75 Å². The van der Waals surface area contributed by atoms with Crippen molar-refractivity contribution in [3.63, 3.8) is 0 Å². The zero-order chi connectivity index (χ0) is 14.9. The second kappa shape index (κ2) is 5.74. The number of sulfonamides is 1. The molecule has 0 spiro atoms. The Kier molecular flexibility index (Phi) is 4.39. The molecule has 1 fully saturated rings. The Labute approximate surface area is 121 Å². The number of hydrogen-bond acceptors (Lipinski definition) is 3. The Morgan fingerprint density at radius 1 is 1.20 bits per heavy atom. The van der Waals surface area contributed by atoms with Crippen molar-refractivity contribution in [3.05, 3.63) is 22.8 Å². The highest BCUT2D eigenvalue weighted by molar-refractivity contribution is 7.89. The molecular formula is C15H23NO3S. The first-order chi connectivity index (χ1) is 9.30. The second-order valence-corrected chi connectivity index (χ2v) is 7.31. The third-order valence-corrected chi connectivity index (χ3v) is 5.26. The Bertz CT molecular complexity index is 602. The first-order valence-electron chi connectivity index (χ1n) is 7.07. The van der Waals surface area contributed by atoms with E-state index in [1.807, 2.05) is 13.8 Å². The minimum Gasteiger partial charge on any atom is -0.493 e. The van der Waals surface area contributed by atoms with E-state index in [0.29, 0.717) is 11.5 Å². The van der Waals surface area contributed by atoms with E-state index < -0.39 is 10.0 Å². The summed E-state index contributed by atoms with van der Waals surface area (Å²) in [6.07, 6.45) is 5.03. The molecule has 2 rings (SSSR count). The molecule has 1 aliphatic rings. The highest BCUT2D eigenvalue weighted by Crippen LogP contribution is 2.32. The number of hydrogen-bond donors (Lipinski definition) is 1. The van der Waals surface area contributed by atoms with E-state index in [0.717, 1.165) is 23.5 Å². The standard InChI is InChI=1S/C15H23NO3S/c1-10-8-14(20(16,17)18)11(2)12(3)15(10)19-9-13-6-4-5-7-13/h8,13H,4-7,9H2,1-3H3,(H2,16,17,18). The second-order valence-electron chi connectivity index (χ2n) is 5.78. The fourth-order valence-electron chi connectivity index (χ4n) is 2.92. The molecule has 0 saturated heterocycles. The average molecular weight is 297 g/mol. The average Bonchev–Trinajstić information content (AvgIpc) is 2.85. The highest BCUT2D eigenvalue weighted by Gasteiger charge is 2.20. The maximum absolute atomic E-state index is 11.6. The Hall–Kier alpha value is -1.07. The van der Waals surface area contributed by atoms with Crippen LogP contribution < -0.4 is 9.88 Å². The molecule has 0 amide bonds. The van der Waals surface area contributed by atoms with Crippen LogP contribution in [0.4, 0.5) is 0 Å². The van der Waals surface area contributed by atoms with E-state index in [2.05, 4.69) is 0 Å². The molecule has 2 N–H and O–H groups in total. The minimum absolute atomic E-state index is 0.195. The van der Waals surface area contributed by atoms with Crippen LogP contribution in [0.15, 0.2) is 11.0 Å². The van der Waals surface area contributed by atoms with Gasteiger partial charge >= 0.3 is 0 Å². The molecule has 0 aromatic heterocycles. The van der Waals surface area contributed by atoms with Crippen LogP contribution in [0.3, 0.4) is 0 Å². The van der Waals surface area contributed by atoms with E-state index in [-0.39, 0.29) is 4.90 Å². The van der Waals surface area contributed by atoms with Crippen LogP contribution in [0.1, 0.15) is 42.4 Å². The lowest BCUT2D eigenvalue weighted by atomic mass is 10.0. The van der Waals surface area contributed by atoms with Gasteiger partial charge in [0, 0.05) is 0 Å². The molecule has 0 atom stereocenters. The molecule has 1 aromatic rings. The van der Waals surface area contributed by atoms with Crippen molar-refractivity contribution in [3.8, 4) is 5.75 Å². The summed E-state index contributed by atoms with van der Waals surface area (Å²) in [7, 11) is -3.68. The van der Waals surface area contributed by atoms with Gasteiger partial charge in [0.15, 0.2) is 0 Å². The molecule has 0 aliphatic heterocycles. The summed E-state index contributed by atoms with van der Waals surface area (Å²) in [4.78, 5) is 0.195. The van der Waals surface area contributed by atoms with E-state index in [9.17, 15) is 8.42 Å². The first kappa shape index (κ1) is 15.3. The summed E-state index contributed by atoms with van der Waals surface area (Å²) < 4.78 is 29.1. The van der Waals surface area contributed by atoms with Crippen molar-refractivity contribution in [1.82, 2.24) is 0 Å². The largest absolute Gasteiger partial charge is 0.493 e. The molecule has 0 bridgehead atoms. The molecule has 5 heteroatoms. The molecule has 112 valence electrons. The summed E-state index contributed by atoms with van der Waals surface area (Å²) in [5.41, 5.74) is 2.38. The number of ether oxygens (including phenoxy) is 1. The molecule has 4 nitrogen and oxygen atoms in total. The van der Waals surface area contributed by atoms with E-state index in [1.165, 1.54) is 25.7 Å². The lowest BCUT2D eigenvalue weighted by Crippen LogP contribution is -2.16. The van der Waals surface area contributed by atoms with Crippen molar-refractivity contribution in [2.75, 3.05) is 6.61 Å². The summed E-state index contributed by atoms with van der Waals surface area (Å²) >= 11 is 0. The van der Waals surface area contributed by atoms with Crippen LogP contribution in [0.25, 0.3) is 0 Å². The van der Waals surface area contributed by atoms with Gasteiger partial charge in [0.05, 0.1) is 11.5 Å². The predicted octanol–water partition coefficient (Wildman–Crippen LogP) is 2.83. The van der Waals surface area contributed by atoms with Gasteiger partial charge in [-0.1, -0.05) is 12.8 Å².